The molecule has 0 spiro atoms. The van der Waals surface area contributed by atoms with Crippen molar-refractivity contribution >= 4 is 0 Å². The summed E-state index contributed by atoms with van der Waals surface area (Å²) >= 11 is 0. The van der Waals surface area contributed by atoms with Crippen molar-refractivity contribution in [1.82, 2.24) is 4.98 Å². The van der Waals surface area contributed by atoms with Gasteiger partial charge in [0.05, 0.1) is 11.8 Å². The van der Waals surface area contributed by atoms with Crippen LogP contribution in [0.2, 0.25) is 0 Å². The van der Waals surface area contributed by atoms with Gasteiger partial charge < -0.3 is 20.3 Å². The number of aliphatic hydroxyl groups is 3. The second-order valence-corrected chi connectivity index (χ2v) is 2.42. The summed E-state index contributed by atoms with van der Waals surface area (Å²) < 4.78 is 0. The zero-order valence-electron chi connectivity index (χ0n) is 6.15. The Labute approximate surface area is 64.1 Å². The van der Waals surface area contributed by atoms with E-state index in [2.05, 4.69) is 4.98 Å². The summed E-state index contributed by atoms with van der Waals surface area (Å²) in [5.41, 5.74) is 0.869. The summed E-state index contributed by atoms with van der Waals surface area (Å²) in [6, 6.07) is 3.13. The highest BCUT2D eigenvalue weighted by Gasteiger charge is 2.07. The molecule has 0 bridgehead atoms. The lowest BCUT2D eigenvalue weighted by Gasteiger charge is -2.01. The predicted molar refractivity (Wildman–Crippen MR) is 38.6 cm³/mol. The molecule has 0 saturated heterocycles. The molecule has 1 atom stereocenters. The molecule has 11 heavy (non-hydrogen) atoms. The first kappa shape index (κ1) is 8.26. The molecule has 0 aliphatic carbocycles. The van der Waals surface area contributed by atoms with Crippen LogP contribution in [0.5, 0.6) is 0 Å². The Kier molecular flexibility index (Phi) is 2.28. The first-order valence-electron chi connectivity index (χ1n) is 3.34. The van der Waals surface area contributed by atoms with E-state index in [0.29, 0.717) is 11.4 Å². The van der Waals surface area contributed by atoms with Gasteiger partial charge in [0.2, 0.25) is 0 Å². The second-order valence-electron chi connectivity index (χ2n) is 2.42. The molecular weight excluding hydrogens is 146 g/mol. The zero-order chi connectivity index (χ0) is 8.43. The fraction of sp³-hybridized carbons (Fsp3) is 0.429. The van der Waals surface area contributed by atoms with E-state index in [1.54, 1.807) is 13.0 Å². The Hall–Kier alpha value is -0.840. The van der Waals surface area contributed by atoms with E-state index < -0.39 is 12.4 Å². The largest absolute Gasteiger partial charge is 0.387 e. The minimum Gasteiger partial charge on any atom is -0.387 e. The van der Waals surface area contributed by atoms with Gasteiger partial charge in [0.1, 0.15) is 0 Å². The maximum atomic E-state index is 9.02. The molecule has 1 aromatic rings. The normalized spacial score (nSPS) is 13.9. The Morgan fingerprint density at radius 2 is 1.73 bits per heavy atom. The fourth-order valence-corrected chi connectivity index (χ4v) is 0.824. The fourth-order valence-electron chi connectivity index (χ4n) is 0.824. The molecule has 0 fully saturated rings. The third-order valence-electron chi connectivity index (χ3n) is 1.46. The predicted octanol–water partition coefficient (Wildman–Crippen LogP) is 0.0512. The van der Waals surface area contributed by atoms with E-state index >= 15 is 0 Å². The smallest absolute Gasteiger partial charge is 0.193 e. The van der Waals surface area contributed by atoms with Crippen LogP contribution in [0.15, 0.2) is 12.1 Å². The molecular formula is C7H11NO3. The average Bonchev–Trinajstić information content (AvgIpc) is 2.33. The van der Waals surface area contributed by atoms with Gasteiger partial charge in [0.25, 0.3) is 0 Å². The van der Waals surface area contributed by atoms with Gasteiger partial charge in [-0.05, 0) is 19.1 Å². The van der Waals surface area contributed by atoms with Crippen molar-refractivity contribution in [2.75, 3.05) is 0 Å². The van der Waals surface area contributed by atoms with Gasteiger partial charge in [-0.15, -0.1) is 0 Å². The Balaban J connectivity index is 2.82. The summed E-state index contributed by atoms with van der Waals surface area (Å²) in [7, 11) is 0. The van der Waals surface area contributed by atoms with Crippen LogP contribution >= 0.6 is 0 Å². The lowest BCUT2D eigenvalue weighted by atomic mass is 10.3. The van der Waals surface area contributed by atoms with Gasteiger partial charge >= 0.3 is 0 Å². The van der Waals surface area contributed by atoms with Crippen molar-refractivity contribution < 1.29 is 15.3 Å². The van der Waals surface area contributed by atoms with Crippen molar-refractivity contribution in [3.8, 4) is 0 Å². The number of nitrogens with one attached hydrogen (secondary N) is 1. The topological polar surface area (TPSA) is 76.5 Å². The maximum absolute atomic E-state index is 9.02. The number of aromatic nitrogens is 1. The van der Waals surface area contributed by atoms with Crippen molar-refractivity contribution in [3.05, 3.63) is 23.5 Å². The summed E-state index contributed by atoms with van der Waals surface area (Å²) in [5, 5.41) is 26.3. The molecule has 1 aromatic heterocycles. The van der Waals surface area contributed by atoms with Crippen molar-refractivity contribution in [1.29, 1.82) is 0 Å². The standard InChI is InChI=1S/C7H11NO3/c1-4(9)5-2-3-6(8-5)7(10)11/h2-4,7-11H,1H3. The molecule has 1 heterocycles. The lowest BCUT2D eigenvalue weighted by Crippen LogP contribution is -1.96. The third-order valence-corrected chi connectivity index (χ3v) is 1.46. The van der Waals surface area contributed by atoms with Crippen LogP contribution in [-0.4, -0.2) is 20.3 Å². The van der Waals surface area contributed by atoms with Crippen LogP contribution in [0.4, 0.5) is 0 Å². The van der Waals surface area contributed by atoms with Crippen LogP contribution in [0.25, 0.3) is 0 Å². The first-order chi connectivity index (χ1) is 5.11. The van der Waals surface area contributed by atoms with Gasteiger partial charge in [0, 0.05) is 5.69 Å². The van der Waals surface area contributed by atoms with E-state index in [0.717, 1.165) is 0 Å². The van der Waals surface area contributed by atoms with E-state index in [1.807, 2.05) is 0 Å². The quantitative estimate of drug-likeness (QED) is 0.458. The summed E-state index contributed by atoms with van der Waals surface area (Å²) in [5.74, 6) is 0. The number of H-pyrrole nitrogens is 1. The number of aliphatic hydroxyl groups excluding tert-OH is 2. The van der Waals surface area contributed by atoms with Gasteiger partial charge in [-0.1, -0.05) is 0 Å². The Morgan fingerprint density at radius 3 is 2.00 bits per heavy atom. The highest BCUT2D eigenvalue weighted by Crippen LogP contribution is 2.14. The maximum Gasteiger partial charge on any atom is 0.193 e. The number of rotatable bonds is 2. The molecule has 62 valence electrons. The van der Waals surface area contributed by atoms with Crippen LogP contribution < -0.4 is 0 Å². The SMILES string of the molecule is CC(O)c1ccc(C(O)O)[nH]1. The Bertz CT molecular complexity index is 207. The molecule has 4 nitrogen and oxygen atoms in total. The molecule has 0 aliphatic heterocycles. The van der Waals surface area contributed by atoms with Crippen molar-refractivity contribution in [3.63, 3.8) is 0 Å². The van der Waals surface area contributed by atoms with Crippen LogP contribution in [-0.2, 0) is 0 Å². The van der Waals surface area contributed by atoms with E-state index in [-0.39, 0.29) is 0 Å². The van der Waals surface area contributed by atoms with Gasteiger partial charge in [0.15, 0.2) is 6.29 Å². The molecule has 0 aromatic carbocycles. The van der Waals surface area contributed by atoms with Gasteiger partial charge in [-0.25, -0.2) is 0 Å². The molecule has 4 N–H and O–H groups in total. The van der Waals surface area contributed by atoms with Crippen molar-refractivity contribution in [2.45, 2.75) is 19.3 Å². The third kappa shape index (κ3) is 1.80. The lowest BCUT2D eigenvalue weighted by molar-refractivity contribution is -0.0456. The minimum atomic E-state index is -1.50. The van der Waals surface area contributed by atoms with Crippen LogP contribution in [0.3, 0.4) is 0 Å². The summed E-state index contributed by atoms with van der Waals surface area (Å²) in [6.45, 7) is 1.60. The van der Waals surface area contributed by atoms with Crippen molar-refractivity contribution in [2.24, 2.45) is 0 Å². The molecule has 1 rings (SSSR count). The molecule has 0 amide bonds. The number of aromatic amines is 1. The molecule has 1 unspecified atom stereocenters. The highest BCUT2D eigenvalue weighted by molar-refractivity contribution is 5.15. The minimum absolute atomic E-state index is 0.293. The van der Waals surface area contributed by atoms with Gasteiger partial charge in [-0.2, -0.15) is 0 Å². The summed E-state index contributed by atoms with van der Waals surface area (Å²) in [4.78, 5) is 2.66. The first-order valence-corrected chi connectivity index (χ1v) is 3.34. The zero-order valence-corrected chi connectivity index (χ0v) is 6.15. The van der Waals surface area contributed by atoms with E-state index in [4.69, 9.17) is 15.3 Å². The Morgan fingerprint density at radius 1 is 1.18 bits per heavy atom. The highest BCUT2D eigenvalue weighted by atomic mass is 16.5. The van der Waals surface area contributed by atoms with E-state index in [1.165, 1.54) is 6.07 Å². The average molecular weight is 157 g/mol. The molecule has 0 radical (unpaired) electrons. The van der Waals surface area contributed by atoms with Crippen LogP contribution in [0, 0.1) is 0 Å². The second kappa shape index (κ2) is 3.04. The summed E-state index contributed by atoms with van der Waals surface area (Å²) in [6.07, 6.45) is -2.11. The molecule has 0 aliphatic rings. The number of hydrogen-bond donors (Lipinski definition) is 4. The monoisotopic (exact) mass is 157 g/mol. The molecule has 0 saturated carbocycles. The molecule has 4 heteroatoms. The van der Waals surface area contributed by atoms with Crippen LogP contribution in [0.1, 0.15) is 30.7 Å². The number of hydrogen-bond acceptors (Lipinski definition) is 3. The van der Waals surface area contributed by atoms with Gasteiger partial charge in [-0.3, -0.25) is 0 Å². The van der Waals surface area contributed by atoms with E-state index in [9.17, 15) is 0 Å².